The van der Waals surface area contributed by atoms with Gasteiger partial charge in [0.2, 0.25) is 0 Å². The van der Waals surface area contributed by atoms with Gasteiger partial charge < -0.3 is 20.3 Å². The standard InChI is InChI=1S/C20H32N4O/c1-3-21-20(22-12-10-17-6-4-5-7-19(17)25-2)23-14-16-11-13-24(15-16)18-8-9-18/h4-7,16,18H,3,8-15H2,1-2H3,(H2,21,22,23). The van der Waals surface area contributed by atoms with Crippen LogP contribution in [0.15, 0.2) is 29.3 Å². The molecule has 1 aliphatic heterocycles. The lowest BCUT2D eigenvalue weighted by Gasteiger charge is -2.15. The lowest BCUT2D eigenvalue weighted by Crippen LogP contribution is -2.38. The highest BCUT2D eigenvalue weighted by Gasteiger charge is 2.34. The minimum Gasteiger partial charge on any atom is -0.496 e. The number of guanidine groups is 1. The summed E-state index contributed by atoms with van der Waals surface area (Å²) in [6.07, 6.45) is 5.03. The van der Waals surface area contributed by atoms with E-state index in [9.17, 15) is 0 Å². The first-order valence-electron chi connectivity index (χ1n) is 9.68. The number of hydrogen-bond acceptors (Lipinski definition) is 3. The van der Waals surface area contributed by atoms with Crippen LogP contribution in [0.5, 0.6) is 5.75 Å². The number of likely N-dealkylation sites (tertiary alicyclic amines) is 1. The molecule has 138 valence electrons. The zero-order valence-corrected chi connectivity index (χ0v) is 15.6. The monoisotopic (exact) mass is 344 g/mol. The van der Waals surface area contributed by atoms with Crippen LogP contribution in [0.3, 0.4) is 0 Å². The molecule has 5 nitrogen and oxygen atoms in total. The number of para-hydroxylation sites is 1. The molecule has 2 aliphatic rings. The maximum Gasteiger partial charge on any atom is 0.191 e. The first-order chi connectivity index (χ1) is 12.3. The van der Waals surface area contributed by atoms with E-state index in [1.807, 2.05) is 12.1 Å². The molecule has 1 atom stereocenters. The smallest absolute Gasteiger partial charge is 0.191 e. The zero-order valence-electron chi connectivity index (χ0n) is 15.6. The molecule has 0 amide bonds. The molecule has 0 spiro atoms. The van der Waals surface area contributed by atoms with Gasteiger partial charge in [-0.05, 0) is 56.7 Å². The third-order valence-corrected chi connectivity index (χ3v) is 5.11. The van der Waals surface area contributed by atoms with Gasteiger partial charge in [0.15, 0.2) is 5.96 Å². The van der Waals surface area contributed by atoms with Gasteiger partial charge in [-0.15, -0.1) is 0 Å². The van der Waals surface area contributed by atoms with Gasteiger partial charge in [0.1, 0.15) is 5.75 Å². The van der Waals surface area contributed by atoms with E-state index in [-0.39, 0.29) is 0 Å². The summed E-state index contributed by atoms with van der Waals surface area (Å²) in [4.78, 5) is 7.47. The minimum absolute atomic E-state index is 0.713. The fraction of sp³-hybridized carbons (Fsp3) is 0.650. The van der Waals surface area contributed by atoms with Crippen LogP contribution in [-0.4, -0.2) is 56.7 Å². The Hall–Kier alpha value is -1.75. The molecule has 2 N–H and O–H groups in total. The summed E-state index contributed by atoms with van der Waals surface area (Å²) < 4.78 is 5.42. The number of aliphatic imine (C=N–C) groups is 1. The van der Waals surface area contributed by atoms with Crippen molar-refractivity contribution in [1.29, 1.82) is 0 Å². The van der Waals surface area contributed by atoms with Gasteiger partial charge in [-0.2, -0.15) is 0 Å². The van der Waals surface area contributed by atoms with E-state index >= 15 is 0 Å². The first-order valence-corrected chi connectivity index (χ1v) is 9.68. The predicted molar refractivity (Wildman–Crippen MR) is 103 cm³/mol. The van der Waals surface area contributed by atoms with E-state index in [0.29, 0.717) is 5.92 Å². The third kappa shape index (κ3) is 5.36. The third-order valence-electron chi connectivity index (χ3n) is 5.11. The van der Waals surface area contributed by atoms with Gasteiger partial charge in [-0.1, -0.05) is 18.2 Å². The quantitative estimate of drug-likeness (QED) is 0.561. The predicted octanol–water partition coefficient (Wildman–Crippen LogP) is 2.28. The molecule has 0 bridgehead atoms. The fourth-order valence-electron chi connectivity index (χ4n) is 3.57. The van der Waals surface area contributed by atoms with Crippen LogP contribution in [0.1, 0.15) is 31.7 Å². The number of nitrogens with one attached hydrogen (secondary N) is 2. The summed E-state index contributed by atoms with van der Waals surface area (Å²) in [5.74, 6) is 2.60. The Morgan fingerprint density at radius 1 is 1.24 bits per heavy atom. The highest BCUT2D eigenvalue weighted by atomic mass is 16.5. The van der Waals surface area contributed by atoms with Crippen molar-refractivity contribution in [3.05, 3.63) is 29.8 Å². The number of methoxy groups -OCH3 is 1. The van der Waals surface area contributed by atoms with Crippen LogP contribution in [0, 0.1) is 5.92 Å². The lowest BCUT2D eigenvalue weighted by molar-refractivity contribution is 0.315. The van der Waals surface area contributed by atoms with Crippen molar-refractivity contribution in [3.63, 3.8) is 0 Å². The fourth-order valence-corrected chi connectivity index (χ4v) is 3.57. The molecule has 1 saturated carbocycles. The van der Waals surface area contributed by atoms with Crippen molar-refractivity contribution in [2.24, 2.45) is 10.9 Å². The maximum atomic E-state index is 5.42. The SMILES string of the molecule is CCNC(=NCC1CCN(C2CC2)C1)NCCc1ccccc1OC. The van der Waals surface area contributed by atoms with Crippen LogP contribution < -0.4 is 15.4 Å². The highest BCUT2D eigenvalue weighted by molar-refractivity contribution is 5.79. The first kappa shape index (κ1) is 18.1. The second-order valence-electron chi connectivity index (χ2n) is 7.09. The molecule has 2 fully saturated rings. The molecule has 1 heterocycles. The van der Waals surface area contributed by atoms with Gasteiger partial charge >= 0.3 is 0 Å². The lowest BCUT2D eigenvalue weighted by atomic mass is 10.1. The summed E-state index contributed by atoms with van der Waals surface area (Å²) in [7, 11) is 1.73. The van der Waals surface area contributed by atoms with E-state index in [0.717, 1.165) is 43.8 Å². The average molecular weight is 345 g/mol. The Bertz CT molecular complexity index is 571. The van der Waals surface area contributed by atoms with Crippen molar-refractivity contribution in [3.8, 4) is 5.75 Å². The molecule has 3 rings (SSSR count). The largest absolute Gasteiger partial charge is 0.496 e. The van der Waals surface area contributed by atoms with Crippen molar-refractivity contribution >= 4 is 5.96 Å². The van der Waals surface area contributed by atoms with Crippen LogP contribution in [0.25, 0.3) is 0 Å². The van der Waals surface area contributed by atoms with Crippen LogP contribution in [0.2, 0.25) is 0 Å². The van der Waals surface area contributed by atoms with E-state index in [1.54, 1.807) is 7.11 Å². The summed E-state index contributed by atoms with van der Waals surface area (Å²) in [5, 5.41) is 6.82. The minimum atomic E-state index is 0.713. The second kappa shape index (κ2) is 9.09. The van der Waals surface area contributed by atoms with E-state index in [4.69, 9.17) is 9.73 Å². The maximum absolute atomic E-state index is 5.42. The van der Waals surface area contributed by atoms with E-state index in [1.165, 1.54) is 37.9 Å². The highest BCUT2D eigenvalue weighted by Crippen LogP contribution is 2.31. The molecule has 1 unspecified atom stereocenters. The Kier molecular flexibility index (Phi) is 6.56. The van der Waals surface area contributed by atoms with Crippen molar-refractivity contribution < 1.29 is 4.74 Å². The summed E-state index contributed by atoms with van der Waals surface area (Å²) in [5.41, 5.74) is 1.23. The van der Waals surface area contributed by atoms with E-state index < -0.39 is 0 Å². The van der Waals surface area contributed by atoms with Gasteiger partial charge in [0, 0.05) is 32.2 Å². The Labute approximate surface area is 151 Å². The Morgan fingerprint density at radius 2 is 2.08 bits per heavy atom. The summed E-state index contributed by atoms with van der Waals surface area (Å²) >= 11 is 0. The molecule has 1 aliphatic carbocycles. The second-order valence-corrected chi connectivity index (χ2v) is 7.09. The molecule has 1 aromatic carbocycles. The molecular weight excluding hydrogens is 312 g/mol. The Balaban J connectivity index is 1.45. The summed E-state index contributed by atoms with van der Waals surface area (Å²) in [6.45, 7) is 7.27. The number of ether oxygens (including phenoxy) is 1. The van der Waals surface area contributed by atoms with Crippen molar-refractivity contribution in [2.45, 2.75) is 38.6 Å². The Morgan fingerprint density at radius 3 is 2.84 bits per heavy atom. The number of nitrogens with zero attached hydrogens (tertiary/aromatic N) is 2. The van der Waals surface area contributed by atoms with Crippen molar-refractivity contribution in [2.75, 3.05) is 39.8 Å². The number of benzene rings is 1. The van der Waals surface area contributed by atoms with Crippen LogP contribution >= 0.6 is 0 Å². The van der Waals surface area contributed by atoms with Gasteiger partial charge in [-0.25, -0.2) is 0 Å². The molecule has 0 radical (unpaired) electrons. The number of rotatable bonds is 8. The molecule has 5 heteroatoms. The zero-order chi connectivity index (χ0) is 17.5. The van der Waals surface area contributed by atoms with Crippen molar-refractivity contribution in [1.82, 2.24) is 15.5 Å². The molecule has 0 aromatic heterocycles. The molecular formula is C20H32N4O. The average Bonchev–Trinajstić information content (AvgIpc) is 3.38. The van der Waals surface area contributed by atoms with Crippen LogP contribution in [-0.2, 0) is 6.42 Å². The van der Waals surface area contributed by atoms with Gasteiger partial charge in [-0.3, -0.25) is 4.99 Å². The van der Waals surface area contributed by atoms with Crippen LogP contribution in [0.4, 0.5) is 0 Å². The molecule has 25 heavy (non-hydrogen) atoms. The van der Waals surface area contributed by atoms with Gasteiger partial charge in [0.05, 0.1) is 7.11 Å². The topological polar surface area (TPSA) is 48.9 Å². The normalized spacial score (nSPS) is 21.4. The molecule has 1 aromatic rings. The molecule has 1 saturated heterocycles. The van der Waals surface area contributed by atoms with E-state index in [2.05, 4.69) is 34.6 Å². The van der Waals surface area contributed by atoms with Gasteiger partial charge in [0.25, 0.3) is 0 Å². The summed E-state index contributed by atoms with van der Waals surface area (Å²) in [6, 6.07) is 9.09. The number of hydrogen-bond donors (Lipinski definition) is 2.